The maximum atomic E-state index is 12.4. The second-order valence-corrected chi connectivity index (χ2v) is 6.97. The Kier molecular flexibility index (Phi) is 6.93. The first-order valence-corrected chi connectivity index (χ1v) is 8.98. The molecule has 0 unspecified atom stereocenters. The van der Waals surface area contributed by atoms with Crippen LogP contribution in [0.4, 0.5) is 0 Å². The summed E-state index contributed by atoms with van der Waals surface area (Å²) in [6.45, 7) is 6.45. The van der Waals surface area contributed by atoms with Crippen LogP contribution in [0.15, 0.2) is 54.6 Å². The van der Waals surface area contributed by atoms with Gasteiger partial charge in [-0.1, -0.05) is 69.2 Å². The van der Waals surface area contributed by atoms with E-state index in [9.17, 15) is 9.59 Å². The molecule has 2 aromatic carbocycles. The lowest BCUT2D eigenvalue weighted by molar-refractivity contribution is 0.0936. The van der Waals surface area contributed by atoms with Crippen molar-refractivity contribution in [2.24, 2.45) is 5.92 Å². The third-order valence-corrected chi connectivity index (χ3v) is 4.24. The molecule has 1 atom stereocenters. The van der Waals surface area contributed by atoms with Gasteiger partial charge in [-0.2, -0.15) is 0 Å². The first-order chi connectivity index (χ1) is 12.0. The van der Waals surface area contributed by atoms with Gasteiger partial charge in [-0.05, 0) is 31.4 Å². The Morgan fingerprint density at radius 3 is 1.96 bits per heavy atom. The van der Waals surface area contributed by atoms with Crippen LogP contribution in [-0.2, 0) is 0 Å². The Balaban J connectivity index is 1.93. The average Bonchev–Trinajstić information content (AvgIpc) is 2.61. The standard InChI is InChI=1S/C22H27NO2/c1-16(2)8-7-9-17(3)23-22(25)20-14-12-19(13-15-20)21(24)18-10-5-4-6-11-18/h4-6,10-17H,7-9H2,1-3H3,(H,23,25)/t17-/m0/s1. The van der Waals surface area contributed by atoms with Gasteiger partial charge in [-0.25, -0.2) is 0 Å². The molecule has 1 amide bonds. The number of amides is 1. The predicted octanol–water partition coefficient (Wildman–Crippen LogP) is 4.86. The third-order valence-electron chi connectivity index (χ3n) is 4.24. The van der Waals surface area contributed by atoms with E-state index < -0.39 is 0 Å². The smallest absolute Gasteiger partial charge is 0.251 e. The lowest BCUT2D eigenvalue weighted by atomic mass is 10.0. The molecule has 0 fully saturated rings. The minimum absolute atomic E-state index is 0.0328. The summed E-state index contributed by atoms with van der Waals surface area (Å²) >= 11 is 0. The van der Waals surface area contributed by atoms with Gasteiger partial charge in [0.05, 0.1) is 0 Å². The predicted molar refractivity (Wildman–Crippen MR) is 102 cm³/mol. The minimum atomic E-state index is -0.0873. The molecule has 0 aliphatic rings. The van der Waals surface area contributed by atoms with Crippen molar-refractivity contribution >= 4 is 11.7 Å². The molecular weight excluding hydrogens is 310 g/mol. The van der Waals surface area contributed by atoms with Crippen LogP contribution in [0.1, 0.15) is 66.3 Å². The van der Waals surface area contributed by atoms with Gasteiger partial charge in [0.1, 0.15) is 0 Å². The van der Waals surface area contributed by atoms with Gasteiger partial charge in [0, 0.05) is 22.7 Å². The fourth-order valence-electron chi connectivity index (χ4n) is 2.74. The molecule has 132 valence electrons. The van der Waals surface area contributed by atoms with Gasteiger partial charge in [0.15, 0.2) is 5.78 Å². The number of rotatable bonds is 8. The molecule has 0 heterocycles. The van der Waals surface area contributed by atoms with E-state index in [1.807, 2.05) is 25.1 Å². The number of hydrogen-bond donors (Lipinski definition) is 1. The summed E-state index contributed by atoms with van der Waals surface area (Å²) in [6.07, 6.45) is 3.27. The zero-order valence-corrected chi connectivity index (χ0v) is 15.3. The molecule has 2 aromatic rings. The molecule has 0 saturated carbocycles. The van der Waals surface area contributed by atoms with Crippen LogP contribution in [-0.4, -0.2) is 17.7 Å². The topological polar surface area (TPSA) is 46.2 Å². The van der Waals surface area contributed by atoms with E-state index in [-0.39, 0.29) is 17.7 Å². The van der Waals surface area contributed by atoms with E-state index in [0.717, 1.165) is 12.8 Å². The summed E-state index contributed by atoms with van der Waals surface area (Å²) in [4.78, 5) is 24.7. The van der Waals surface area contributed by atoms with Crippen molar-refractivity contribution in [3.63, 3.8) is 0 Å². The Hall–Kier alpha value is -2.42. The van der Waals surface area contributed by atoms with E-state index in [0.29, 0.717) is 22.6 Å². The van der Waals surface area contributed by atoms with Gasteiger partial charge < -0.3 is 5.32 Å². The number of carbonyl (C=O) groups excluding carboxylic acids is 2. The average molecular weight is 337 g/mol. The van der Waals surface area contributed by atoms with Gasteiger partial charge in [-0.3, -0.25) is 9.59 Å². The van der Waals surface area contributed by atoms with Crippen LogP contribution in [0, 0.1) is 5.92 Å². The zero-order valence-electron chi connectivity index (χ0n) is 15.3. The van der Waals surface area contributed by atoms with E-state index in [1.165, 1.54) is 6.42 Å². The zero-order chi connectivity index (χ0) is 18.2. The second kappa shape index (κ2) is 9.16. The molecule has 25 heavy (non-hydrogen) atoms. The largest absolute Gasteiger partial charge is 0.350 e. The summed E-state index contributed by atoms with van der Waals surface area (Å²) < 4.78 is 0. The maximum Gasteiger partial charge on any atom is 0.251 e. The van der Waals surface area contributed by atoms with Crippen LogP contribution in [0.5, 0.6) is 0 Å². The number of nitrogens with one attached hydrogen (secondary N) is 1. The van der Waals surface area contributed by atoms with E-state index in [4.69, 9.17) is 0 Å². The molecule has 0 aliphatic heterocycles. The van der Waals surface area contributed by atoms with Crippen LogP contribution >= 0.6 is 0 Å². The number of hydrogen-bond acceptors (Lipinski definition) is 2. The van der Waals surface area contributed by atoms with Crippen molar-refractivity contribution in [3.8, 4) is 0 Å². The molecule has 2 rings (SSSR count). The first kappa shape index (κ1) is 18.9. The van der Waals surface area contributed by atoms with Crippen LogP contribution in [0.25, 0.3) is 0 Å². The normalized spacial score (nSPS) is 12.0. The van der Waals surface area contributed by atoms with E-state index in [2.05, 4.69) is 19.2 Å². The molecule has 3 nitrogen and oxygen atoms in total. The van der Waals surface area contributed by atoms with E-state index >= 15 is 0 Å². The molecule has 0 aliphatic carbocycles. The quantitative estimate of drug-likeness (QED) is 0.699. The molecule has 1 N–H and O–H groups in total. The maximum absolute atomic E-state index is 12.4. The van der Waals surface area contributed by atoms with E-state index in [1.54, 1.807) is 36.4 Å². The fraction of sp³-hybridized carbons (Fsp3) is 0.364. The molecule has 0 bridgehead atoms. The highest BCUT2D eigenvalue weighted by molar-refractivity contribution is 6.09. The van der Waals surface area contributed by atoms with Gasteiger partial charge >= 0.3 is 0 Å². The molecule has 3 heteroatoms. The van der Waals surface area contributed by atoms with Crippen molar-refractivity contribution in [2.75, 3.05) is 0 Å². The molecular formula is C22H27NO2. The minimum Gasteiger partial charge on any atom is -0.350 e. The van der Waals surface area contributed by atoms with Crippen molar-refractivity contribution in [1.29, 1.82) is 0 Å². The molecule has 0 radical (unpaired) electrons. The van der Waals surface area contributed by atoms with Crippen molar-refractivity contribution in [1.82, 2.24) is 5.32 Å². The van der Waals surface area contributed by atoms with Crippen LogP contribution < -0.4 is 5.32 Å². The highest BCUT2D eigenvalue weighted by Crippen LogP contribution is 2.12. The number of ketones is 1. The van der Waals surface area contributed by atoms with Crippen molar-refractivity contribution in [2.45, 2.75) is 46.1 Å². The van der Waals surface area contributed by atoms with Crippen molar-refractivity contribution < 1.29 is 9.59 Å². The Morgan fingerprint density at radius 2 is 1.36 bits per heavy atom. The molecule has 0 spiro atoms. The Labute approximate surface area is 150 Å². The Bertz CT molecular complexity index is 690. The Morgan fingerprint density at radius 1 is 0.800 bits per heavy atom. The second-order valence-electron chi connectivity index (χ2n) is 6.97. The third kappa shape index (κ3) is 5.86. The SMILES string of the molecule is CC(C)CCC[C@H](C)NC(=O)c1ccc(C(=O)c2ccccc2)cc1. The number of benzene rings is 2. The van der Waals surface area contributed by atoms with Gasteiger partial charge in [-0.15, -0.1) is 0 Å². The summed E-state index contributed by atoms with van der Waals surface area (Å²) in [6, 6.07) is 16.2. The fourth-order valence-corrected chi connectivity index (χ4v) is 2.74. The highest BCUT2D eigenvalue weighted by Gasteiger charge is 2.12. The number of carbonyl (C=O) groups is 2. The van der Waals surface area contributed by atoms with Crippen LogP contribution in [0.3, 0.4) is 0 Å². The van der Waals surface area contributed by atoms with Crippen LogP contribution in [0.2, 0.25) is 0 Å². The first-order valence-electron chi connectivity index (χ1n) is 8.98. The summed E-state index contributed by atoms with van der Waals surface area (Å²) in [5, 5.41) is 3.03. The van der Waals surface area contributed by atoms with Crippen molar-refractivity contribution in [3.05, 3.63) is 71.3 Å². The summed E-state index contributed by atoms with van der Waals surface area (Å²) in [5.74, 6) is 0.572. The summed E-state index contributed by atoms with van der Waals surface area (Å²) in [7, 11) is 0. The highest BCUT2D eigenvalue weighted by atomic mass is 16.1. The molecule has 0 aromatic heterocycles. The van der Waals surface area contributed by atoms with Gasteiger partial charge in [0.2, 0.25) is 0 Å². The lowest BCUT2D eigenvalue weighted by Crippen LogP contribution is -2.32. The lowest BCUT2D eigenvalue weighted by Gasteiger charge is -2.14. The van der Waals surface area contributed by atoms with Gasteiger partial charge in [0.25, 0.3) is 5.91 Å². The molecule has 0 saturated heterocycles. The summed E-state index contributed by atoms with van der Waals surface area (Å²) in [5.41, 5.74) is 1.83. The monoisotopic (exact) mass is 337 g/mol.